The van der Waals surface area contributed by atoms with E-state index in [1.807, 2.05) is 6.07 Å². The summed E-state index contributed by atoms with van der Waals surface area (Å²) in [6, 6.07) is 5.24. The van der Waals surface area contributed by atoms with E-state index < -0.39 is 0 Å². The Hall–Kier alpha value is -1.46. The normalized spacial score (nSPS) is 14.9. The van der Waals surface area contributed by atoms with Gasteiger partial charge >= 0.3 is 6.03 Å². The first kappa shape index (κ1) is 16.9. The SMILES string of the molecule is CC(=O)N1CCN(C(=O)NCCc2ccc(Cl)cc2Cl)CC1. The molecule has 1 N–H and O–H groups in total. The third-order valence-corrected chi connectivity index (χ3v) is 4.28. The molecule has 0 aromatic heterocycles. The van der Waals surface area contributed by atoms with Gasteiger partial charge < -0.3 is 15.1 Å². The first-order chi connectivity index (χ1) is 10.5. The minimum atomic E-state index is -0.103. The molecule has 1 aromatic rings. The van der Waals surface area contributed by atoms with E-state index in [-0.39, 0.29) is 11.9 Å². The Balaban J connectivity index is 1.75. The molecule has 2 rings (SSSR count). The summed E-state index contributed by atoms with van der Waals surface area (Å²) in [5, 5.41) is 4.09. The largest absolute Gasteiger partial charge is 0.339 e. The second-order valence-corrected chi connectivity index (χ2v) is 6.05. The van der Waals surface area contributed by atoms with E-state index in [1.165, 1.54) is 0 Å². The van der Waals surface area contributed by atoms with Crippen LogP contribution in [0.1, 0.15) is 12.5 Å². The van der Waals surface area contributed by atoms with Crippen LogP contribution in [0.3, 0.4) is 0 Å². The lowest BCUT2D eigenvalue weighted by Gasteiger charge is -2.34. The summed E-state index contributed by atoms with van der Waals surface area (Å²) in [7, 11) is 0. The molecule has 5 nitrogen and oxygen atoms in total. The molecule has 3 amide bonds. The van der Waals surface area contributed by atoms with Crippen LogP contribution in [0.15, 0.2) is 18.2 Å². The zero-order valence-electron chi connectivity index (χ0n) is 12.4. The Morgan fingerprint density at radius 3 is 2.36 bits per heavy atom. The Morgan fingerprint density at radius 1 is 1.14 bits per heavy atom. The van der Waals surface area contributed by atoms with E-state index in [0.717, 1.165) is 5.56 Å². The topological polar surface area (TPSA) is 52.7 Å². The van der Waals surface area contributed by atoms with Crippen LogP contribution < -0.4 is 5.32 Å². The molecule has 7 heteroatoms. The molecule has 0 radical (unpaired) electrons. The number of amides is 3. The van der Waals surface area contributed by atoms with Gasteiger partial charge in [-0.05, 0) is 24.1 Å². The minimum absolute atomic E-state index is 0.0532. The van der Waals surface area contributed by atoms with Crippen molar-refractivity contribution in [3.8, 4) is 0 Å². The van der Waals surface area contributed by atoms with Crippen molar-refractivity contribution in [1.82, 2.24) is 15.1 Å². The molecule has 0 atom stereocenters. The van der Waals surface area contributed by atoms with Crippen molar-refractivity contribution < 1.29 is 9.59 Å². The van der Waals surface area contributed by atoms with Crippen LogP contribution in [0.5, 0.6) is 0 Å². The van der Waals surface area contributed by atoms with Crippen molar-refractivity contribution in [1.29, 1.82) is 0 Å². The highest BCUT2D eigenvalue weighted by atomic mass is 35.5. The summed E-state index contributed by atoms with van der Waals surface area (Å²) < 4.78 is 0. The quantitative estimate of drug-likeness (QED) is 0.916. The van der Waals surface area contributed by atoms with E-state index in [9.17, 15) is 9.59 Å². The predicted molar refractivity (Wildman–Crippen MR) is 87.4 cm³/mol. The molecule has 0 aliphatic carbocycles. The van der Waals surface area contributed by atoms with Crippen LogP contribution in [0.2, 0.25) is 10.0 Å². The second kappa shape index (κ2) is 7.70. The fourth-order valence-electron chi connectivity index (χ4n) is 2.36. The van der Waals surface area contributed by atoms with Crippen molar-refractivity contribution in [2.24, 2.45) is 0 Å². The number of urea groups is 1. The fraction of sp³-hybridized carbons (Fsp3) is 0.467. The molecule has 1 aliphatic rings. The summed E-state index contributed by atoms with van der Waals surface area (Å²) in [5.41, 5.74) is 0.952. The third kappa shape index (κ3) is 4.52. The minimum Gasteiger partial charge on any atom is -0.339 e. The Kier molecular flexibility index (Phi) is 5.91. The Labute approximate surface area is 140 Å². The summed E-state index contributed by atoms with van der Waals surface area (Å²) in [4.78, 5) is 26.8. The highest BCUT2D eigenvalue weighted by Crippen LogP contribution is 2.21. The van der Waals surface area contributed by atoms with E-state index >= 15 is 0 Å². The molecule has 0 bridgehead atoms. The van der Waals surface area contributed by atoms with E-state index in [2.05, 4.69) is 5.32 Å². The van der Waals surface area contributed by atoms with Gasteiger partial charge in [0.05, 0.1) is 0 Å². The number of halogens is 2. The maximum Gasteiger partial charge on any atom is 0.317 e. The van der Waals surface area contributed by atoms with E-state index in [4.69, 9.17) is 23.2 Å². The molecule has 1 aromatic carbocycles. The highest BCUT2D eigenvalue weighted by molar-refractivity contribution is 6.35. The Morgan fingerprint density at radius 2 is 1.77 bits per heavy atom. The molecule has 22 heavy (non-hydrogen) atoms. The molecule has 1 heterocycles. The number of benzene rings is 1. The monoisotopic (exact) mass is 343 g/mol. The summed E-state index contributed by atoms with van der Waals surface area (Å²) in [6.07, 6.45) is 0.648. The summed E-state index contributed by atoms with van der Waals surface area (Å²) >= 11 is 11.9. The van der Waals surface area contributed by atoms with Gasteiger partial charge in [-0.15, -0.1) is 0 Å². The number of piperazine rings is 1. The zero-order chi connectivity index (χ0) is 16.1. The number of nitrogens with one attached hydrogen (secondary N) is 1. The second-order valence-electron chi connectivity index (χ2n) is 5.21. The number of hydrogen-bond acceptors (Lipinski definition) is 2. The van der Waals surface area contributed by atoms with Gasteiger partial charge in [-0.3, -0.25) is 4.79 Å². The number of nitrogens with zero attached hydrogens (tertiary/aromatic N) is 2. The molecular formula is C15H19Cl2N3O2. The van der Waals surface area contributed by atoms with Gasteiger partial charge in [-0.2, -0.15) is 0 Å². The van der Waals surface area contributed by atoms with Gasteiger partial charge in [0.15, 0.2) is 0 Å². The average Bonchev–Trinajstić information content (AvgIpc) is 2.49. The lowest BCUT2D eigenvalue weighted by Crippen LogP contribution is -2.52. The summed E-state index contributed by atoms with van der Waals surface area (Å²) in [5.74, 6) is 0.0532. The predicted octanol–water partition coefficient (Wildman–Crippen LogP) is 2.41. The molecule has 0 spiro atoms. The molecule has 1 saturated heterocycles. The molecule has 1 fully saturated rings. The van der Waals surface area contributed by atoms with Gasteiger partial charge in [-0.1, -0.05) is 29.3 Å². The molecule has 1 aliphatic heterocycles. The van der Waals surface area contributed by atoms with Gasteiger partial charge in [0.1, 0.15) is 0 Å². The van der Waals surface area contributed by atoms with Crippen molar-refractivity contribution in [3.05, 3.63) is 33.8 Å². The lowest BCUT2D eigenvalue weighted by molar-refractivity contribution is -0.130. The van der Waals surface area contributed by atoms with Crippen LogP contribution in [-0.4, -0.2) is 54.5 Å². The molecule has 120 valence electrons. The first-order valence-electron chi connectivity index (χ1n) is 7.19. The smallest absolute Gasteiger partial charge is 0.317 e. The number of rotatable bonds is 3. The van der Waals surface area contributed by atoms with Gasteiger partial charge in [0.25, 0.3) is 0 Å². The third-order valence-electron chi connectivity index (χ3n) is 3.70. The summed E-state index contributed by atoms with van der Waals surface area (Å²) in [6.45, 7) is 4.36. The number of carbonyl (C=O) groups excluding carboxylic acids is 2. The number of carbonyl (C=O) groups is 2. The van der Waals surface area contributed by atoms with E-state index in [0.29, 0.717) is 49.2 Å². The fourth-order valence-corrected chi connectivity index (χ4v) is 2.87. The van der Waals surface area contributed by atoms with E-state index in [1.54, 1.807) is 28.9 Å². The molecule has 0 unspecified atom stereocenters. The number of hydrogen-bond donors (Lipinski definition) is 1. The van der Waals surface area contributed by atoms with Gasteiger partial charge in [0.2, 0.25) is 5.91 Å². The van der Waals surface area contributed by atoms with Crippen molar-refractivity contribution in [2.75, 3.05) is 32.7 Å². The zero-order valence-corrected chi connectivity index (χ0v) is 14.0. The van der Waals surface area contributed by atoms with Crippen LogP contribution in [0.4, 0.5) is 4.79 Å². The first-order valence-corrected chi connectivity index (χ1v) is 7.95. The van der Waals surface area contributed by atoms with Crippen LogP contribution in [0.25, 0.3) is 0 Å². The van der Waals surface area contributed by atoms with Crippen LogP contribution >= 0.6 is 23.2 Å². The molecular weight excluding hydrogens is 325 g/mol. The van der Waals surface area contributed by atoms with Gasteiger partial charge in [-0.25, -0.2) is 4.79 Å². The maximum absolute atomic E-state index is 12.1. The maximum atomic E-state index is 12.1. The van der Waals surface area contributed by atoms with Crippen molar-refractivity contribution in [2.45, 2.75) is 13.3 Å². The van der Waals surface area contributed by atoms with Crippen molar-refractivity contribution >= 4 is 35.1 Å². The van der Waals surface area contributed by atoms with Crippen LogP contribution in [0, 0.1) is 0 Å². The lowest BCUT2D eigenvalue weighted by atomic mass is 10.1. The van der Waals surface area contributed by atoms with Gasteiger partial charge in [0, 0.05) is 49.7 Å². The molecule has 0 saturated carbocycles. The highest BCUT2D eigenvalue weighted by Gasteiger charge is 2.21. The van der Waals surface area contributed by atoms with Crippen LogP contribution in [-0.2, 0) is 11.2 Å². The standard InChI is InChI=1S/C15H19Cl2N3O2/c1-11(21)19-6-8-20(9-7-19)15(22)18-5-4-12-2-3-13(16)10-14(12)17/h2-3,10H,4-9H2,1H3,(H,18,22). The van der Waals surface area contributed by atoms with Crippen molar-refractivity contribution in [3.63, 3.8) is 0 Å². The average molecular weight is 344 g/mol. The Bertz CT molecular complexity index is 558.